The molecule has 0 amide bonds. The van der Waals surface area contributed by atoms with Gasteiger partial charge < -0.3 is 19.9 Å². The molecule has 0 saturated carbocycles. The maximum absolute atomic E-state index is 10.0. The van der Waals surface area contributed by atoms with Gasteiger partial charge >= 0.3 is 0 Å². The number of hydrogen-bond acceptors (Lipinski definition) is 4. The van der Waals surface area contributed by atoms with Crippen molar-refractivity contribution in [1.29, 1.82) is 0 Å². The normalized spacial score (nSPS) is 12.3. The van der Waals surface area contributed by atoms with Gasteiger partial charge in [0.05, 0.1) is 19.8 Å². The summed E-state index contributed by atoms with van der Waals surface area (Å²) in [5.74, 6) is 1.48. The van der Waals surface area contributed by atoms with Gasteiger partial charge in [-0.1, -0.05) is 0 Å². The fourth-order valence-electron chi connectivity index (χ4n) is 1.73. The van der Waals surface area contributed by atoms with Gasteiger partial charge in [0.1, 0.15) is 11.5 Å². The van der Waals surface area contributed by atoms with Crippen LogP contribution in [0.15, 0.2) is 12.1 Å². The summed E-state index contributed by atoms with van der Waals surface area (Å²) in [7, 11) is 3.40. The SMILES string of the molecule is CCOc1cc(C(O)CNC)c(OC)cc1C. The molecule has 1 aromatic carbocycles. The molecule has 0 bridgehead atoms. The number of aryl methyl sites for hydroxylation is 1. The second-order valence-electron chi connectivity index (χ2n) is 3.87. The van der Waals surface area contributed by atoms with Crippen LogP contribution in [0.3, 0.4) is 0 Å². The van der Waals surface area contributed by atoms with E-state index < -0.39 is 6.10 Å². The molecule has 0 fully saturated rings. The molecule has 0 spiro atoms. The Balaban J connectivity index is 3.11. The third-order valence-electron chi connectivity index (χ3n) is 2.58. The van der Waals surface area contributed by atoms with Crippen LogP contribution < -0.4 is 14.8 Å². The summed E-state index contributed by atoms with van der Waals surface area (Å²) >= 11 is 0. The fourth-order valence-corrected chi connectivity index (χ4v) is 1.73. The largest absolute Gasteiger partial charge is 0.496 e. The zero-order valence-corrected chi connectivity index (χ0v) is 10.9. The summed E-state index contributed by atoms with van der Waals surface area (Å²) < 4.78 is 10.8. The minimum absolute atomic E-state index is 0.477. The second-order valence-corrected chi connectivity index (χ2v) is 3.87. The Hall–Kier alpha value is -1.26. The van der Waals surface area contributed by atoms with Gasteiger partial charge in [-0.05, 0) is 38.6 Å². The first kappa shape index (κ1) is 13.8. The molecular weight excluding hydrogens is 218 g/mol. The van der Waals surface area contributed by atoms with Crippen LogP contribution in [0.25, 0.3) is 0 Å². The molecule has 17 heavy (non-hydrogen) atoms. The Bertz CT molecular complexity index is 366. The van der Waals surface area contributed by atoms with E-state index in [4.69, 9.17) is 9.47 Å². The molecule has 4 heteroatoms. The van der Waals surface area contributed by atoms with E-state index in [9.17, 15) is 5.11 Å². The van der Waals surface area contributed by atoms with E-state index in [2.05, 4.69) is 5.32 Å². The van der Waals surface area contributed by atoms with Crippen molar-refractivity contribution in [3.05, 3.63) is 23.3 Å². The van der Waals surface area contributed by atoms with Gasteiger partial charge in [-0.25, -0.2) is 0 Å². The first-order valence-corrected chi connectivity index (χ1v) is 5.78. The lowest BCUT2D eigenvalue weighted by atomic mass is 10.0. The van der Waals surface area contributed by atoms with Crippen LogP contribution in [0.4, 0.5) is 0 Å². The molecule has 1 atom stereocenters. The summed E-state index contributed by atoms with van der Waals surface area (Å²) in [5, 5.41) is 13.0. The van der Waals surface area contributed by atoms with Crippen molar-refractivity contribution in [3.8, 4) is 11.5 Å². The summed E-state index contributed by atoms with van der Waals surface area (Å²) in [6.45, 7) is 4.98. The van der Waals surface area contributed by atoms with Crippen LogP contribution in [0, 0.1) is 6.92 Å². The maximum atomic E-state index is 10.0. The highest BCUT2D eigenvalue weighted by Crippen LogP contribution is 2.32. The summed E-state index contributed by atoms with van der Waals surface area (Å²) in [4.78, 5) is 0. The van der Waals surface area contributed by atoms with E-state index >= 15 is 0 Å². The van der Waals surface area contributed by atoms with Crippen LogP contribution in [-0.2, 0) is 0 Å². The number of likely N-dealkylation sites (N-methyl/N-ethyl adjacent to an activating group) is 1. The lowest BCUT2D eigenvalue weighted by molar-refractivity contribution is 0.172. The fraction of sp³-hybridized carbons (Fsp3) is 0.538. The first-order chi connectivity index (χ1) is 8.13. The Morgan fingerprint density at radius 1 is 1.35 bits per heavy atom. The lowest BCUT2D eigenvalue weighted by Gasteiger charge is -2.17. The Morgan fingerprint density at radius 2 is 2.06 bits per heavy atom. The molecule has 1 aromatic rings. The minimum atomic E-state index is -0.602. The van der Waals surface area contributed by atoms with Crippen LogP contribution in [-0.4, -0.2) is 32.4 Å². The molecule has 0 aliphatic carbocycles. The average molecular weight is 239 g/mol. The Labute approximate surface area is 103 Å². The number of benzene rings is 1. The molecule has 1 rings (SSSR count). The number of rotatable bonds is 6. The molecule has 0 heterocycles. The van der Waals surface area contributed by atoms with Gasteiger partial charge in [-0.15, -0.1) is 0 Å². The minimum Gasteiger partial charge on any atom is -0.496 e. The molecule has 0 radical (unpaired) electrons. The highest BCUT2D eigenvalue weighted by Gasteiger charge is 2.15. The van der Waals surface area contributed by atoms with E-state index in [1.54, 1.807) is 14.2 Å². The molecule has 0 aliphatic heterocycles. The van der Waals surface area contributed by atoms with Crippen LogP contribution >= 0.6 is 0 Å². The zero-order chi connectivity index (χ0) is 12.8. The topological polar surface area (TPSA) is 50.7 Å². The molecule has 0 aliphatic rings. The van der Waals surface area contributed by atoms with Crippen LogP contribution in [0.1, 0.15) is 24.2 Å². The monoisotopic (exact) mass is 239 g/mol. The van der Waals surface area contributed by atoms with Crippen molar-refractivity contribution >= 4 is 0 Å². The molecule has 4 nitrogen and oxygen atoms in total. The number of nitrogens with one attached hydrogen (secondary N) is 1. The van der Waals surface area contributed by atoms with Crippen LogP contribution in [0.2, 0.25) is 0 Å². The summed E-state index contributed by atoms with van der Waals surface area (Å²) in [6.07, 6.45) is -0.602. The zero-order valence-electron chi connectivity index (χ0n) is 10.9. The number of aliphatic hydroxyl groups excluding tert-OH is 1. The van der Waals surface area contributed by atoms with Gasteiger partial charge in [0.25, 0.3) is 0 Å². The van der Waals surface area contributed by atoms with Gasteiger partial charge in [-0.3, -0.25) is 0 Å². The predicted molar refractivity (Wildman–Crippen MR) is 67.8 cm³/mol. The smallest absolute Gasteiger partial charge is 0.125 e. The van der Waals surface area contributed by atoms with Gasteiger partial charge in [0.15, 0.2) is 0 Å². The molecule has 2 N–H and O–H groups in total. The van der Waals surface area contributed by atoms with E-state index in [-0.39, 0.29) is 0 Å². The average Bonchev–Trinajstić information content (AvgIpc) is 2.31. The summed E-state index contributed by atoms with van der Waals surface area (Å²) in [6, 6.07) is 3.74. The number of hydrogen-bond donors (Lipinski definition) is 2. The standard InChI is InChI=1S/C13H21NO3/c1-5-17-12-7-10(11(15)8-14-3)13(16-4)6-9(12)2/h6-7,11,14-15H,5,8H2,1-4H3. The van der Waals surface area contributed by atoms with Crippen molar-refractivity contribution < 1.29 is 14.6 Å². The second kappa shape index (κ2) is 6.47. The molecule has 0 saturated heterocycles. The maximum Gasteiger partial charge on any atom is 0.125 e. The predicted octanol–water partition coefficient (Wildman–Crippen LogP) is 1.66. The number of ether oxygens (including phenoxy) is 2. The molecule has 96 valence electrons. The third-order valence-corrected chi connectivity index (χ3v) is 2.58. The molecule has 1 unspecified atom stereocenters. The third kappa shape index (κ3) is 3.35. The van der Waals surface area contributed by atoms with Crippen molar-refractivity contribution in [2.24, 2.45) is 0 Å². The lowest BCUT2D eigenvalue weighted by Crippen LogP contribution is -2.17. The van der Waals surface area contributed by atoms with Gasteiger partial charge in [-0.2, -0.15) is 0 Å². The first-order valence-electron chi connectivity index (χ1n) is 5.78. The Kier molecular flexibility index (Phi) is 5.25. The Morgan fingerprint density at radius 3 is 2.59 bits per heavy atom. The quantitative estimate of drug-likeness (QED) is 0.792. The highest BCUT2D eigenvalue weighted by atomic mass is 16.5. The van der Waals surface area contributed by atoms with Crippen molar-refractivity contribution in [3.63, 3.8) is 0 Å². The number of methoxy groups -OCH3 is 1. The van der Waals surface area contributed by atoms with Crippen molar-refractivity contribution in [1.82, 2.24) is 5.32 Å². The van der Waals surface area contributed by atoms with Gasteiger partial charge in [0, 0.05) is 12.1 Å². The van der Waals surface area contributed by atoms with Crippen LogP contribution in [0.5, 0.6) is 11.5 Å². The summed E-state index contributed by atoms with van der Waals surface area (Å²) in [5.41, 5.74) is 1.75. The van der Waals surface area contributed by atoms with E-state index in [0.717, 1.165) is 16.9 Å². The highest BCUT2D eigenvalue weighted by molar-refractivity contribution is 5.47. The van der Waals surface area contributed by atoms with Gasteiger partial charge in [0.2, 0.25) is 0 Å². The van der Waals surface area contributed by atoms with Crippen molar-refractivity contribution in [2.45, 2.75) is 20.0 Å². The van der Waals surface area contributed by atoms with E-state index in [0.29, 0.717) is 18.9 Å². The van der Waals surface area contributed by atoms with E-state index in [1.165, 1.54) is 0 Å². The molecular formula is C13H21NO3. The van der Waals surface area contributed by atoms with Crippen molar-refractivity contribution in [2.75, 3.05) is 27.3 Å². The van der Waals surface area contributed by atoms with E-state index in [1.807, 2.05) is 26.0 Å². The number of aliphatic hydroxyl groups is 1. The molecule has 0 aromatic heterocycles.